The number of carbonyl (C=O) groups is 1. The van der Waals surface area contributed by atoms with Gasteiger partial charge in [-0.2, -0.15) is 0 Å². The van der Waals surface area contributed by atoms with Crippen LogP contribution in [0.25, 0.3) is 0 Å². The molecule has 2 rings (SSSR count). The Balaban J connectivity index is 0.00000200. The lowest BCUT2D eigenvalue weighted by molar-refractivity contribution is -0.129. The Hall–Kier alpha value is -0.320. The van der Waals surface area contributed by atoms with Gasteiger partial charge in [0.15, 0.2) is 0 Å². The molecule has 2 aliphatic rings. The molecule has 4 nitrogen and oxygen atoms in total. The van der Waals surface area contributed by atoms with Gasteiger partial charge < -0.3 is 15.4 Å². The number of morpholine rings is 1. The first-order valence-electron chi connectivity index (χ1n) is 7.90. The van der Waals surface area contributed by atoms with Gasteiger partial charge in [-0.05, 0) is 25.7 Å². The van der Waals surface area contributed by atoms with Crippen LogP contribution in [0.4, 0.5) is 0 Å². The van der Waals surface area contributed by atoms with Crippen LogP contribution in [0.3, 0.4) is 0 Å². The summed E-state index contributed by atoms with van der Waals surface area (Å²) in [5.74, 6) is 0.776. The Morgan fingerprint density at radius 2 is 1.85 bits per heavy atom. The summed E-state index contributed by atoms with van der Waals surface area (Å²) < 4.78 is 5.52. The van der Waals surface area contributed by atoms with Crippen molar-refractivity contribution in [1.82, 2.24) is 10.6 Å². The summed E-state index contributed by atoms with van der Waals surface area (Å²) in [5, 5.41) is 6.36. The predicted octanol–water partition coefficient (Wildman–Crippen LogP) is 2.26. The largest absolute Gasteiger partial charge is 0.375 e. The van der Waals surface area contributed by atoms with Crippen molar-refractivity contribution < 1.29 is 9.53 Å². The number of nitrogens with one attached hydrogen (secondary N) is 2. The molecule has 1 amide bonds. The van der Waals surface area contributed by atoms with Crippen molar-refractivity contribution in [2.75, 3.05) is 19.7 Å². The molecular formula is C15H29ClN2O2. The van der Waals surface area contributed by atoms with Gasteiger partial charge in [0.2, 0.25) is 5.91 Å². The van der Waals surface area contributed by atoms with Crippen LogP contribution in [0, 0.1) is 5.92 Å². The Labute approximate surface area is 128 Å². The van der Waals surface area contributed by atoms with Crippen LogP contribution in [-0.4, -0.2) is 37.7 Å². The van der Waals surface area contributed by atoms with Crippen molar-refractivity contribution in [3.8, 4) is 0 Å². The number of ether oxygens (including phenoxy) is 1. The van der Waals surface area contributed by atoms with Crippen LogP contribution in [0.15, 0.2) is 0 Å². The van der Waals surface area contributed by atoms with E-state index in [9.17, 15) is 4.79 Å². The zero-order valence-electron chi connectivity index (χ0n) is 12.5. The Morgan fingerprint density at radius 1 is 1.20 bits per heavy atom. The fraction of sp³-hybridized carbons (Fsp3) is 0.933. The van der Waals surface area contributed by atoms with Crippen LogP contribution in [0.2, 0.25) is 0 Å². The second-order valence-electron chi connectivity index (χ2n) is 5.96. The molecule has 20 heavy (non-hydrogen) atoms. The Bertz CT molecular complexity index is 281. The highest BCUT2D eigenvalue weighted by atomic mass is 35.5. The van der Waals surface area contributed by atoms with Crippen molar-refractivity contribution in [3.63, 3.8) is 0 Å². The minimum Gasteiger partial charge on any atom is -0.375 e. The maximum absolute atomic E-state index is 12.2. The monoisotopic (exact) mass is 304 g/mol. The molecule has 2 N–H and O–H groups in total. The zero-order chi connectivity index (χ0) is 13.5. The third kappa shape index (κ3) is 5.58. The molecular weight excluding hydrogens is 276 g/mol. The van der Waals surface area contributed by atoms with Crippen molar-refractivity contribution >= 4 is 18.3 Å². The van der Waals surface area contributed by atoms with E-state index in [1.165, 1.54) is 44.9 Å². The summed E-state index contributed by atoms with van der Waals surface area (Å²) in [6.45, 7) is 4.27. The van der Waals surface area contributed by atoms with Crippen LogP contribution < -0.4 is 10.6 Å². The molecule has 0 aromatic heterocycles. The van der Waals surface area contributed by atoms with Gasteiger partial charge in [-0.25, -0.2) is 0 Å². The summed E-state index contributed by atoms with van der Waals surface area (Å²) in [7, 11) is 0. The predicted molar refractivity (Wildman–Crippen MR) is 83.3 cm³/mol. The SMILES string of the molecule is C[C@H]1OCCN[C@@H]1C(=O)NCC1CCCCCCC1.Cl. The van der Waals surface area contributed by atoms with Crippen LogP contribution >= 0.6 is 12.4 Å². The van der Waals surface area contributed by atoms with E-state index in [2.05, 4.69) is 10.6 Å². The fourth-order valence-electron chi connectivity index (χ4n) is 3.13. The molecule has 1 aliphatic heterocycles. The molecule has 1 aliphatic carbocycles. The zero-order valence-corrected chi connectivity index (χ0v) is 13.3. The molecule has 0 bridgehead atoms. The van der Waals surface area contributed by atoms with E-state index in [4.69, 9.17) is 4.74 Å². The van der Waals surface area contributed by atoms with E-state index < -0.39 is 0 Å². The lowest BCUT2D eigenvalue weighted by Crippen LogP contribution is -2.55. The number of hydrogen-bond donors (Lipinski definition) is 2. The molecule has 0 spiro atoms. The number of rotatable bonds is 3. The van der Waals surface area contributed by atoms with E-state index in [0.29, 0.717) is 12.5 Å². The lowest BCUT2D eigenvalue weighted by Gasteiger charge is -2.30. The van der Waals surface area contributed by atoms with Crippen molar-refractivity contribution in [2.24, 2.45) is 5.92 Å². The summed E-state index contributed by atoms with van der Waals surface area (Å²) in [6, 6.07) is -0.178. The van der Waals surface area contributed by atoms with E-state index >= 15 is 0 Å². The van der Waals surface area contributed by atoms with E-state index in [-0.39, 0.29) is 30.5 Å². The molecule has 2 atom stereocenters. The molecule has 0 aromatic rings. The number of halogens is 1. The van der Waals surface area contributed by atoms with Crippen LogP contribution in [0.5, 0.6) is 0 Å². The average Bonchev–Trinajstić information content (AvgIpc) is 2.37. The quantitative estimate of drug-likeness (QED) is 0.841. The van der Waals surface area contributed by atoms with Gasteiger partial charge >= 0.3 is 0 Å². The first kappa shape index (κ1) is 17.7. The molecule has 5 heteroatoms. The van der Waals surface area contributed by atoms with Gasteiger partial charge in [-0.15, -0.1) is 12.4 Å². The van der Waals surface area contributed by atoms with Gasteiger partial charge in [0.25, 0.3) is 0 Å². The minimum absolute atomic E-state index is 0. The van der Waals surface area contributed by atoms with Gasteiger partial charge in [0, 0.05) is 13.1 Å². The number of amides is 1. The molecule has 0 radical (unpaired) electrons. The second-order valence-corrected chi connectivity index (χ2v) is 5.96. The standard InChI is InChI=1S/C15H28N2O2.ClH/c1-12-14(16-9-10-19-12)15(18)17-11-13-7-5-3-2-4-6-8-13;/h12-14,16H,2-11H2,1H3,(H,17,18);1H/t12-,14+;/m1./s1. The lowest BCUT2D eigenvalue weighted by atomic mass is 9.91. The first-order chi connectivity index (χ1) is 9.27. The topological polar surface area (TPSA) is 50.4 Å². The number of hydrogen-bond acceptors (Lipinski definition) is 3. The third-order valence-corrected chi connectivity index (χ3v) is 4.39. The van der Waals surface area contributed by atoms with E-state index in [1.807, 2.05) is 6.92 Å². The Kier molecular flexibility index (Phi) is 8.50. The van der Waals surface area contributed by atoms with Crippen molar-refractivity contribution in [2.45, 2.75) is 64.0 Å². The molecule has 0 aromatic carbocycles. The molecule has 0 unspecified atom stereocenters. The molecule has 118 valence electrons. The fourth-order valence-corrected chi connectivity index (χ4v) is 3.13. The van der Waals surface area contributed by atoms with Gasteiger partial charge in [-0.1, -0.05) is 32.1 Å². The minimum atomic E-state index is -0.178. The molecule has 1 saturated heterocycles. The van der Waals surface area contributed by atoms with Gasteiger partial charge in [0.1, 0.15) is 6.04 Å². The highest BCUT2D eigenvalue weighted by molar-refractivity contribution is 5.85. The summed E-state index contributed by atoms with van der Waals surface area (Å²) in [5.41, 5.74) is 0. The maximum atomic E-state index is 12.2. The smallest absolute Gasteiger partial charge is 0.239 e. The highest BCUT2D eigenvalue weighted by Gasteiger charge is 2.28. The molecule has 1 saturated carbocycles. The highest BCUT2D eigenvalue weighted by Crippen LogP contribution is 2.21. The summed E-state index contributed by atoms with van der Waals surface area (Å²) in [6.07, 6.45) is 9.27. The van der Waals surface area contributed by atoms with Crippen molar-refractivity contribution in [3.05, 3.63) is 0 Å². The second kappa shape index (κ2) is 9.59. The number of carbonyl (C=O) groups excluding carboxylic acids is 1. The third-order valence-electron chi connectivity index (χ3n) is 4.39. The molecule has 2 fully saturated rings. The first-order valence-corrected chi connectivity index (χ1v) is 7.90. The van der Waals surface area contributed by atoms with Gasteiger partial charge in [-0.3, -0.25) is 4.79 Å². The van der Waals surface area contributed by atoms with Crippen LogP contribution in [-0.2, 0) is 9.53 Å². The van der Waals surface area contributed by atoms with E-state index in [0.717, 1.165) is 13.1 Å². The van der Waals surface area contributed by atoms with Crippen molar-refractivity contribution in [1.29, 1.82) is 0 Å². The van der Waals surface area contributed by atoms with Gasteiger partial charge in [0.05, 0.1) is 12.7 Å². The normalized spacial score (nSPS) is 28.9. The van der Waals surface area contributed by atoms with E-state index in [1.54, 1.807) is 0 Å². The van der Waals surface area contributed by atoms with Crippen LogP contribution in [0.1, 0.15) is 51.9 Å². The maximum Gasteiger partial charge on any atom is 0.239 e. The molecule has 1 heterocycles. The summed E-state index contributed by atoms with van der Waals surface area (Å²) in [4.78, 5) is 12.2. The average molecular weight is 305 g/mol. The Morgan fingerprint density at radius 3 is 2.50 bits per heavy atom. The summed E-state index contributed by atoms with van der Waals surface area (Å²) >= 11 is 0.